The van der Waals surface area contributed by atoms with Crippen molar-refractivity contribution in [3.63, 3.8) is 0 Å². The SMILES string of the molecule is CC(O)CN(C)C1CCCCC1=O. The van der Waals surface area contributed by atoms with Gasteiger partial charge in [0.25, 0.3) is 0 Å². The predicted octanol–water partition coefficient (Wildman–Crippen LogP) is 0.811. The van der Waals surface area contributed by atoms with E-state index in [2.05, 4.69) is 0 Å². The minimum atomic E-state index is -0.347. The molecule has 2 atom stereocenters. The van der Waals surface area contributed by atoms with Gasteiger partial charge >= 0.3 is 0 Å². The normalized spacial score (nSPS) is 26.5. The molecular weight excluding hydrogens is 166 g/mol. The van der Waals surface area contributed by atoms with Crippen LogP contribution in [0, 0.1) is 0 Å². The Balaban J connectivity index is 2.43. The van der Waals surface area contributed by atoms with Crippen LogP contribution in [0.1, 0.15) is 32.6 Å². The van der Waals surface area contributed by atoms with Crippen LogP contribution in [-0.4, -0.2) is 41.5 Å². The van der Waals surface area contributed by atoms with Crippen LogP contribution < -0.4 is 0 Å². The highest BCUT2D eigenvalue weighted by Gasteiger charge is 2.26. The molecule has 13 heavy (non-hydrogen) atoms. The van der Waals surface area contributed by atoms with Crippen molar-refractivity contribution in [1.29, 1.82) is 0 Å². The Bertz CT molecular complexity index is 180. The van der Waals surface area contributed by atoms with Crippen LogP contribution in [0.15, 0.2) is 0 Å². The molecule has 0 heterocycles. The number of ketones is 1. The molecule has 1 aliphatic carbocycles. The lowest BCUT2D eigenvalue weighted by Gasteiger charge is -2.30. The molecule has 0 aromatic rings. The van der Waals surface area contributed by atoms with Gasteiger partial charge in [-0.25, -0.2) is 0 Å². The Kier molecular flexibility index (Phi) is 3.88. The summed E-state index contributed by atoms with van der Waals surface area (Å²) in [6, 6.07) is 0.0587. The first-order valence-electron chi connectivity index (χ1n) is 5.02. The number of Topliss-reactive ketones (excluding diaryl/α,β-unsaturated/α-hetero) is 1. The van der Waals surface area contributed by atoms with Crippen molar-refractivity contribution >= 4 is 5.78 Å². The number of carbonyl (C=O) groups is 1. The van der Waals surface area contributed by atoms with Gasteiger partial charge in [-0.3, -0.25) is 9.69 Å². The van der Waals surface area contributed by atoms with Crippen LogP contribution in [0.25, 0.3) is 0 Å². The lowest BCUT2D eigenvalue weighted by Crippen LogP contribution is -2.43. The van der Waals surface area contributed by atoms with Crippen molar-refractivity contribution in [3.05, 3.63) is 0 Å². The van der Waals surface area contributed by atoms with E-state index in [-0.39, 0.29) is 12.1 Å². The van der Waals surface area contributed by atoms with E-state index in [0.717, 1.165) is 25.7 Å². The first kappa shape index (κ1) is 10.7. The molecular formula is C10H19NO2. The van der Waals surface area contributed by atoms with E-state index in [1.807, 2.05) is 11.9 Å². The smallest absolute Gasteiger partial charge is 0.149 e. The average molecular weight is 185 g/mol. The lowest BCUT2D eigenvalue weighted by molar-refractivity contribution is -0.126. The Labute approximate surface area is 79.7 Å². The van der Waals surface area contributed by atoms with E-state index < -0.39 is 0 Å². The van der Waals surface area contributed by atoms with Gasteiger partial charge in [0, 0.05) is 13.0 Å². The molecule has 0 amide bonds. The Hall–Kier alpha value is -0.410. The molecule has 0 aromatic carbocycles. The van der Waals surface area contributed by atoms with Gasteiger partial charge in [-0.15, -0.1) is 0 Å². The average Bonchev–Trinajstić information content (AvgIpc) is 2.03. The van der Waals surface area contributed by atoms with Gasteiger partial charge in [-0.1, -0.05) is 6.42 Å². The molecule has 3 nitrogen and oxygen atoms in total. The summed E-state index contributed by atoms with van der Waals surface area (Å²) in [7, 11) is 1.92. The monoisotopic (exact) mass is 185 g/mol. The van der Waals surface area contributed by atoms with Gasteiger partial charge in [0.2, 0.25) is 0 Å². The van der Waals surface area contributed by atoms with Crippen LogP contribution in [-0.2, 0) is 4.79 Å². The predicted molar refractivity (Wildman–Crippen MR) is 51.6 cm³/mol. The molecule has 1 rings (SSSR count). The largest absolute Gasteiger partial charge is 0.392 e. The fourth-order valence-corrected chi connectivity index (χ4v) is 1.97. The molecule has 1 fully saturated rings. The molecule has 0 aliphatic heterocycles. The maximum Gasteiger partial charge on any atom is 0.149 e. The third kappa shape index (κ3) is 3.08. The molecule has 2 unspecified atom stereocenters. The van der Waals surface area contributed by atoms with Gasteiger partial charge in [-0.05, 0) is 26.8 Å². The number of hydrogen-bond acceptors (Lipinski definition) is 3. The Morgan fingerprint density at radius 2 is 2.31 bits per heavy atom. The summed E-state index contributed by atoms with van der Waals surface area (Å²) >= 11 is 0. The van der Waals surface area contributed by atoms with Gasteiger partial charge in [0.05, 0.1) is 12.1 Å². The van der Waals surface area contributed by atoms with Gasteiger partial charge in [-0.2, -0.15) is 0 Å². The molecule has 0 bridgehead atoms. The van der Waals surface area contributed by atoms with Crippen molar-refractivity contribution in [2.45, 2.75) is 44.8 Å². The molecule has 1 aliphatic rings. The molecule has 0 radical (unpaired) electrons. The summed E-state index contributed by atoms with van der Waals surface area (Å²) in [6.45, 7) is 2.35. The molecule has 76 valence electrons. The number of nitrogens with zero attached hydrogens (tertiary/aromatic N) is 1. The number of aliphatic hydroxyl groups is 1. The molecule has 0 aromatic heterocycles. The highest BCUT2D eigenvalue weighted by Crippen LogP contribution is 2.18. The van der Waals surface area contributed by atoms with E-state index in [9.17, 15) is 9.90 Å². The molecule has 1 saturated carbocycles. The number of hydrogen-bond donors (Lipinski definition) is 1. The third-order valence-corrected chi connectivity index (χ3v) is 2.61. The van der Waals surface area contributed by atoms with Crippen molar-refractivity contribution < 1.29 is 9.90 Å². The first-order chi connectivity index (χ1) is 6.11. The van der Waals surface area contributed by atoms with E-state index in [1.54, 1.807) is 6.92 Å². The Morgan fingerprint density at radius 3 is 2.85 bits per heavy atom. The van der Waals surface area contributed by atoms with Crippen LogP contribution in [0.5, 0.6) is 0 Å². The first-order valence-corrected chi connectivity index (χ1v) is 5.02. The van der Waals surface area contributed by atoms with Crippen LogP contribution in [0.3, 0.4) is 0 Å². The summed E-state index contributed by atoms with van der Waals surface area (Å²) in [4.78, 5) is 13.5. The molecule has 0 saturated heterocycles. The zero-order valence-electron chi connectivity index (χ0n) is 8.49. The summed E-state index contributed by atoms with van der Waals surface area (Å²) in [6.07, 6.45) is 3.51. The standard InChI is InChI=1S/C10H19NO2/c1-8(12)7-11(2)9-5-3-4-6-10(9)13/h8-9,12H,3-7H2,1-2H3. The van der Waals surface area contributed by atoms with Crippen molar-refractivity contribution in [3.8, 4) is 0 Å². The van der Waals surface area contributed by atoms with Gasteiger partial charge in [0.1, 0.15) is 5.78 Å². The fraction of sp³-hybridized carbons (Fsp3) is 0.900. The van der Waals surface area contributed by atoms with Gasteiger partial charge < -0.3 is 5.11 Å². The topological polar surface area (TPSA) is 40.5 Å². The number of aliphatic hydroxyl groups excluding tert-OH is 1. The lowest BCUT2D eigenvalue weighted by atomic mass is 9.93. The number of likely N-dealkylation sites (N-methyl/N-ethyl adjacent to an activating group) is 1. The maximum atomic E-state index is 11.5. The summed E-state index contributed by atoms with van der Waals surface area (Å²) in [5.74, 6) is 0.342. The zero-order chi connectivity index (χ0) is 9.84. The van der Waals surface area contributed by atoms with Crippen LogP contribution in [0.4, 0.5) is 0 Å². The second-order valence-electron chi connectivity index (χ2n) is 4.02. The van der Waals surface area contributed by atoms with E-state index in [0.29, 0.717) is 12.3 Å². The zero-order valence-corrected chi connectivity index (χ0v) is 8.49. The number of rotatable bonds is 3. The second-order valence-corrected chi connectivity index (χ2v) is 4.02. The number of carbonyl (C=O) groups excluding carboxylic acids is 1. The highest BCUT2D eigenvalue weighted by atomic mass is 16.3. The van der Waals surface area contributed by atoms with Crippen molar-refractivity contribution in [1.82, 2.24) is 4.90 Å². The minimum absolute atomic E-state index is 0.0587. The maximum absolute atomic E-state index is 11.5. The van der Waals surface area contributed by atoms with E-state index in [4.69, 9.17) is 0 Å². The fourth-order valence-electron chi connectivity index (χ4n) is 1.97. The Morgan fingerprint density at radius 1 is 1.62 bits per heavy atom. The van der Waals surface area contributed by atoms with Gasteiger partial charge in [0.15, 0.2) is 0 Å². The van der Waals surface area contributed by atoms with Crippen molar-refractivity contribution in [2.24, 2.45) is 0 Å². The molecule has 0 spiro atoms. The third-order valence-electron chi connectivity index (χ3n) is 2.61. The second kappa shape index (κ2) is 4.72. The summed E-state index contributed by atoms with van der Waals surface area (Å²) < 4.78 is 0. The molecule has 3 heteroatoms. The minimum Gasteiger partial charge on any atom is -0.392 e. The summed E-state index contributed by atoms with van der Waals surface area (Å²) in [5.41, 5.74) is 0. The van der Waals surface area contributed by atoms with Crippen molar-refractivity contribution in [2.75, 3.05) is 13.6 Å². The quantitative estimate of drug-likeness (QED) is 0.707. The summed E-state index contributed by atoms with van der Waals surface area (Å²) in [5, 5.41) is 9.19. The van der Waals surface area contributed by atoms with Crippen LogP contribution in [0.2, 0.25) is 0 Å². The van der Waals surface area contributed by atoms with Crippen LogP contribution >= 0.6 is 0 Å². The highest BCUT2D eigenvalue weighted by molar-refractivity contribution is 5.84. The van der Waals surface area contributed by atoms with E-state index >= 15 is 0 Å². The van der Waals surface area contributed by atoms with E-state index in [1.165, 1.54) is 0 Å². The molecule has 1 N–H and O–H groups in total.